The number of unbranched alkanes of at least 4 members (excludes halogenated alkanes) is 3. The van der Waals surface area contributed by atoms with Crippen molar-refractivity contribution in [1.82, 2.24) is 0 Å². The van der Waals surface area contributed by atoms with Gasteiger partial charge in [-0.25, -0.2) is 0 Å². The number of hydrogen-bond acceptors (Lipinski definition) is 0. The molecule has 0 aliphatic carbocycles. The second-order valence-electron chi connectivity index (χ2n) is 4.43. The molecule has 0 aromatic rings. The quantitative estimate of drug-likeness (QED) is 0.547. The van der Waals surface area contributed by atoms with E-state index in [1.165, 1.54) is 32.1 Å². The van der Waals surface area contributed by atoms with E-state index in [1.807, 2.05) is 0 Å². The molecule has 0 N–H and O–H groups in total. The van der Waals surface area contributed by atoms with Gasteiger partial charge in [-0.15, -0.1) is 0 Å². The van der Waals surface area contributed by atoms with Crippen molar-refractivity contribution in [1.29, 1.82) is 0 Å². The molecule has 0 atom stereocenters. The van der Waals surface area contributed by atoms with Crippen molar-refractivity contribution < 1.29 is 0 Å². The molecular formula is C10H21S. The summed E-state index contributed by atoms with van der Waals surface area (Å²) in [7, 11) is 0. The molecule has 0 aliphatic rings. The molecule has 0 unspecified atom stereocenters. The van der Waals surface area contributed by atoms with E-state index in [4.69, 9.17) is 12.6 Å². The van der Waals surface area contributed by atoms with Crippen LogP contribution in [0.15, 0.2) is 0 Å². The molecule has 67 valence electrons. The maximum Gasteiger partial charge on any atom is 0.00369 e. The van der Waals surface area contributed by atoms with Crippen molar-refractivity contribution in [3.8, 4) is 0 Å². The zero-order valence-electron chi connectivity index (χ0n) is 8.15. The summed E-state index contributed by atoms with van der Waals surface area (Å²) in [5, 5.41) is 0. The van der Waals surface area contributed by atoms with Crippen LogP contribution in [0.25, 0.3) is 0 Å². The Morgan fingerprint density at radius 3 is 1.91 bits per heavy atom. The molecule has 0 aromatic heterocycles. The molecule has 0 amide bonds. The molecule has 0 nitrogen and oxygen atoms in total. The smallest absolute Gasteiger partial charge is 0.00369 e. The Morgan fingerprint density at radius 2 is 1.45 bits per heavy atom. The van der Waals surface area contributed by atoms with Crippen molar-refractivity contribution in [3.05, 3.63) is 0 Å². The van der Waals surface area contributed by atoms with Crippen LogP contribution in [0.4, 0.5) is 0 Å². The minimum Gasteiger partial charge on any atom is -0.0942 e. The largest absolute Gasteiger partial charge is 0.0942 e. The molecule has 0 saturated heterocycles. The average molecular weight is 173 g/mol. The lowest BCUT2D eigenvalue weighted by atomic mass is 9.89. The lowest BCUT2D eigenvalue weighted by Gasteiger charge is -2.17. The van der Waals surface area contributed by atoms with Gasteiger partial charge in [-0.1, -0.05) is 52.7 Å². The highest BCUT2D eigenvalue weighted by Crippen LogP contribution is 2.22. The van der Waals surface area contributed by atoms with Crippen LogP contribution in [0.5, 0.6) is 0 Å². The van der Waals surface area contributed by atoms with E-state index < -0.39 is 0 Å². The molecule has 0 rings (SSSR count). The van der Waals surface area contributed by atoms with Gasteiger partial charge >= 0.3 is 0 Å². The molecular weight excluding hydrogens is 152 g/mol. The summed E-state index contributed by atoms with van der Waals surface area (Å²) in [5.41, 5.74) is 0.522. The normalized spacial score (nSPS) is 12.0. The first-order valence-electron chi connectivity index (χ1n) is 4.64. The molecule has 0 aromatic carbocycles. The molecule has 0 bridgehead atoms. The summed E-state index contributed by atoms with van der Waals surface area (Å²) in [5.74, 6) is 0.940. The predicted octanol–water partition coefficient (Wildman–Crippen LogP) is 4.18. The van der Waals surface area contributed by atoms with Crippen LogP contribution in [0.3, 0.4) is 0 Å². The van der Waals surface area contributed by atoms with Crippen LogP contribution in [0, 0.1) is 5.41 Å². The van der Waals surface area contributed by atoms with E-state index >= 15 is 0 Å². The second-order valence-corrected chi connectivity index (χ2v) is 4.84. The van der Waals surface area contributed by atoms with Crippen LogP contribution in [0.2, 0.25) is 0 Å². The molecule has 1 radical (unpaired) electrons. The van der Waals surface area contributed by atoms with Crippen LogP contribution in [-0.4, -0.2) is 5.75 Å². The minimum atomic E-state index is 0.522. The van der Waals surface area contributed by atoms with Gasteiger partial charge in [0.2, 0.25) is 0 Å². The third-order valence-corrected chi connectivity index (χ3v) is 2.11. The highest BCUT2D eigenvalue weighted by molar-refractivity contribution is 7.80. The Hall–Kier alpha value is 0.350. The summed E-state index contributed by atoms with van der Waals surface area (Å²) in [6.07, 6.45) is 6.66. The van der Waals surface area contributed by atoms with Crippen LogP contribution in [-0.2, 0) is 0 Å². The Bertz CT molecular complexity index is 81.4. The standard InChI is InChI=1S/C10H21S/c1-10(2,3)8-6-4-5-7-9-11/h4-9H2,1-3H3. The Balaban J connectivity index is 3.02. The summed E-state index contributed by atoms with van der Waals surface area (Å²) < 4.78 is 0. The summed E-state index contributed by atoms with van der Waals surface area (Å²) >= 11 is 4.88. The molecule has 11 heavy (non-hydrogen) atoms. The maximum absolute atomic E-state index is 4.88. The Morgan fingerprint density at radius 1 is 0.909 bits per heavy atom. The van der Waals surface area contributed by atoms with E-state index in [9.17, 15) is 0 Å². The Kier molecular flexibility index (Phi) is 6.12. The summed E-state index contributed by atoms with van der Waals surface area (Å²) in [6.45, 7) is 6.92. The highest BCUT2D eigenvalue weighted by atomic mass is 32.1. The fraction of sp³-hybridized carbons (Fsp3) is 1.00. The molecule has 0 spiro atoms. The van der Waals surface area contributed by atoms with Gasteiger partial charge in [0.05, 0.1) is 0 Å². The topological polar surface area (TPSA) is 0 Å². The van der Waals surface area contributed by atoms with E-state index in [2.05, 4.69) is 20.8 Å². The van der Waals surface area contributed by atoms with E-state index in [-0.39, 0.29) is 0 Å². The number of rotatable bonds is 5. The fourth-order valence-electron chi connectivity index (χ4n) is 1.11. The number of hydrogen-bond donors (Lipinski definition) is 0. The molecule has 0 saturated carbocycles. The Labute approximate surface area is 77.2 Å². The van der Waals surface area contributed by atoms with Gasteiger partial charge < -0.3 is 0 Å². The SMILES string of the molecule is CC(C)(C)CCCCCC[S]. The summed E-state index contributed by atoms with van der Waals surface area (Å²) in [4.78, 5) is 0. The first-order chi connectivity index (χ1) is 5.06. The average Bonchev–Trinajstić information content (AvgIpc) is 1.85. The van der Waals surface area contributed by atoms with Gasteiger partial charge in [-0.2, -0.15) is 0 Å². The summed E-state index contributed by atoms with van der Waals surface area (Å²) in [6, 6.07) is 0. The first kappa shape index (κ1) is 11.4. The van der Waals surface area contributed by atoms with Gasteiger partial charge in [0.1, 0.15) is 0 Å². The second kappa shape index (κ2) is 5.93. The van der Waals surface area contributed by atoms with E-state index in [0.717, 1.165) is 5.75 Å². The zero-order chi connectivity index (χ0) is 8.74. The van der Waals surface area contributed by atoms with Crippen LogP contribution >= 0.6 is 12.6 Å². The molecule has 1 heteroatoms. The zero-order valence-corrected chi connectivity index (χ0v) is 8.97. The molecule has 0 aliphatic heterocycles. The van der Waals surface area contributed by atoms with Crippen molar-refractivity contribution in [3.63, 3.8) is 0 Å². The van der Waals surface area contributed by atoms with Crippen LogP contribution in [0.1, 0.15) is 52.9 Å². The minimum absolute atomic E-state index is 0.522. The van der Waals surface area contributed by atoms with E-state index in [1.54, 1.807) is 0 Å². The predicted molar refractivity (Wildman–Crippen MR) is 55.0 cm³/mol. The first-order valence-corrected chi connectivity index (χ1v) is 5.22. The lowest BCUT2D eigenvalue weighted by molar-refractivity contribution is 0.358. The van der Waals surface area contributed by atoms with Gasteiger partial charge in [0.15, 0.2) is 0 Å². The monoisotopic (exact) mass is 173 g/mol. The fourth-order valence-corrected chi connectivity index (χ4v) is 1.32. The van der Waals surface area contributed by atoms with Gasteiger partial charge in [-0.3, -0.25) is 0 Å². The lowest BCUT2D eigenvalue weighted by Crippen LogP contribution is -2.03. The van der Waals surface area contributed by atoms with Crippen molar-refractivity contribution in [2.45, 2.75) is 52.9 Å². The highest BCUT2D eigenvalue weighted by Gasteiger charge is 2.08. The third kappa shape index (κ3) is 10.4. The van der Waals surface area contributed by atoms with Crippen LogP contribution < -0.4 is 0 Å². The third-order valence-electron chi connectivity index (χ3n) is 1.82. The van der Waals surface area contributed by atoms with E-state index in [0.29, 0.717) is 5.41 Å². The van der Waals surface area contributed by atoms with Crippen molar-refractivity contribution in [2.75, 3.05) is 5.75 Å². The van der Waals surface area contributed by atoms with Gasteiger partial charge in [-0.05, 0) is 18.3 Å². The van der Waals surface area contributed by atoms with Gasteiger partial charge in [0.25, 0.3) is 0 Å². The van der Waals surface area contributed by atoms with Crippen molar-refractivity contribution in [2.24, 2.45) is 5.41 Å². The molecule has 0 fully saturated rings. The van der Waals surface area contributed by atoms with Crippen molar-refractivity contribution >= 4 is 12.6 Å². The molecule has 0 heterocycles. The van der Waals surface area contributed by atoms with Gasteiger partial charge in [0, 0.05) is 5.75 Å². The maximum atomic E-state index is 4.88.